The molecule has 4 aliphatic rings. The zero-order chi connectivity index (χ0) is 42.7. The molecule has 9 atom stereocenters. The second-order valence-electron chi connectivity index (χ2n) is 16.4. The number of hydrogen-bond donors (Lipinski definition) is 4. The number of aliphatic hydroxyl groups excluding tert-OH is 1. The number of piperidine rings is 1. The van der Waals surface area contributed by atoms with Gasteiger partial charge in [-0.3, -0.25) is 28.8 Å². The second kappa shape index (κ2) is 18.7. The molecule has 4 heterocycles. The van der Waals surface area contributed by atoms with Gasteiger partial charge >= 0.3 is 5.97 Å². The molecule has 0 radical (unpaired) electrons. The Labute approximate surface area is 353 Å². The molecule has 4 saturated heterocycles. The Balaban J connectivity index is 1.35. The molecule has 4 N–H and O–H groups in total. The van der Waals surface area contributed by atoms with Gasteiger partial charge in [0, 0.05) is 42.5 Å². The Hall–Kier alpha value is -4.73. The number of ether oxygens (including phenoxy) is 1. The Morgan fingerprint density at radius 2 is 1.64 bits per heavy atom. The number of carbonyl (C=O) groups is 7. The van der Waals surface area contributed by atoms with Gasteiger partial charge in [-0.05, 0) is 75.6 Å². The van der Waals surface area contributed by atoms with Crippen molar-refractivity contribution in [2.45, 2.75) is 121 Å². The molecular formula is C42H52Cl2N6O9. The molecule has 6 rings (SSSR count). The number of hydrogen-bond acceptors (Lipinski definition) is 9. The fourth-order valence-corrected chi connectivity index (χ4v) is 9.07. The van der Waals surface area contributed by atoms with Crippen LogP contribution in [0.1, 0.15) is 69.6 Å². The molecule has 2 aromatic carbocycles. The molecule has 4 aliphatic heterocycles. The van der Waals surface area contributed by atoms with Crippen LogP contribution in [0, 0.1) is 12.8 Å². The molecule has 2 aromatic rings. The van der Waals surface area contributed by atoms with E-state index in [1.54, 1.807) is 18.2 Å². The van der Waals surface area contributed by atoms with Gasteiger partial charge in [0.05, 0.1) is 12.5 Å². The van der Waals surface area contributed by atoms with Crippen molar-refractivity contribution in [3.05, 3.63) is 69.2 Å². The number of amides is 6. The van der Waals surface area contributed by atoms with E-state index in [0.29, 0.717) is 35.4 Å². The van der Waals surface area contributed by atoms with Crippen molar-refractivity contribution < 1.29 is 43.4 Å². The molecule has 15 nitrogen and oxygen atoms in total. The smallest absolute Gasteiger partial charge is 0.329 e. The van der Waals surface area contributed by atoms with Crippen molar-refractivity contribution in [3.8, 4) is 0 Å². The molecular weight excluding hydrogens is 803 g/mol. The van der Waals surface area contributed by atoms with Gasteiger partial charge < -0.3 is 40.5 Å². The number of nitrogens with one attached hydrogen (secondary N) is 3. The van der Waals surface area contributed by atoms with Crippen LogP contribution in [-0.4, -0.2) is 129 Å². The van der Waals surface area contributed by atoms with E-state index < -0.39 is 89.9 Å². The minimum atomic E-state index is -1.61. The summed E-state index contributed by atoms with van der Waals surface area (Å²) < 4.78 is 5.93. The third kappa shape index (κ3) is 10.2. The van der Waals surface area contributed by atoms with Crippen LogP contribution in [0.25, 0.3) is 0 Å². The van der Waals surface area contributed by atoms with Crippen molar-refractivity contribution in [1.82, 2.24) is 30.7 Å². The Morgan fingerprint density at radius 3 is 2.37 bits per heavy atom. The van der Waals surface area contributed by atoms with E-state index in [1.807, 2.05) is 32.0 Å². The number of aryl methyl sites for hydroxylation is 1. The van der Waals surface area contributed by atoms with Gasteiger partial charge in [-0.2, -0.15) is 0 Å². The van der Waals surface area contributed by atoms with E-state index in [9.17, 15) is 38.7 Å². The maximum atomic E-state index is 14.8. The van der Waals surface area contributed by atoms with Crippen LogP contribution in [0.3, 0.4) is 0 Å². The van der Waals surface area contributed by atoms with Crippen molar-refractivity contribution in [2.24, 2.45) is 5.92 Å². The van der Waals surface area contributed by atoms with E-state index >= 15 is 0 Å². The highest BCUT2D eigenvalue weighted by molar-refractivity contribution is 6.35. The van der Waals surface area contributed by atoms with E-state index in [1.165, 1.54) is 34.6 Å². The van der Waals surface area contributed by atoms with Crippen molar-refractivity contribution in [3.63, 3.8) is 0 Å². The Morgan fingerprint density at radius 1 is 0.898 bits per heavy atom. The summed E-state index contributed by atoms with van der Waals surface area (Å²) in [5.41, 5.74) is 2.09. The molecule has 0 aliphatic carbocycles. The third-order valence-electron chi connectivity index (χ3n) is 11.6. The van der Waals surface area contributed by atoms with Crippen molar-refractivity contribution >= 4 is 64.6 Å². The number of fused-ring (bicyclic) bond motifs is 3. The van der Waals surface area contributed by atoms with Crippen LogP contribution in [0.2, 0.25) is 10.0 Å². The molecule has 0 spiro atoms. The van der Waals surface area contributed by atoms with Crippen LogP contribution >= 0.6 is 23.2 Å². The van der Waals surface area contributed by atoms with Crippen LogP contribution in [-0.2, 0) is 51.1 Å². The monoisotopic (exact) mass is 854 g/mol. The predicted octanol–water partition coefficient (Wildman–Crippen LogP) is 2.09. The molecule has 17 heteroatoms. The number of halogens is 2. The highest BCUT2D eigenvalue weighted by Gasteiger charge is 2.49. The fourth-order valence-electron chi connectivity index (χ4n) is 8.59. The first kappa shape index (κ1) is 43.8. The first-order chi connectivity index (χ1) is 28.0. The largest absolute Gasteiger partial charge is 0.458 e. The highest BCUT2D eigenvalue weighted by atomic mass is 35.5. The van der Waals surface area contributed by atoms with Crippen molar-refractivity contribution in [1.29, 1.82) is 0 Å². The normalized spacial score (nSPS) is 28.6. The lowest BCUT2D eigenvalue weighted by Gasteiger charge is -2.39. The fraction of sp³-hybridized carbons (Fsp3) is 0.548. The lowest BCUT2D eigenvalue weighted by atomic mass is 9.98. The number of rotatable bonds is 7. The van der Waals surface area contributed by atoms with Gasteiger partial charge in [-0.15, -0.1) is 0 Å². The summed E-state index contributed by atoms with van der Waals surface area (Å²) in [7, 11) is 0. The quantitative estimate of drug-likeness (QED) is 0.302. The summed E-state index contributed by atoms with van der Waals surface area (Å²) in [4.78, 5) is 103. The lowest BCUT2D eigenvalue weighted by Crippen LogP contribution is -2.63. The second-order valence-corrected chi connectivity index (χ2v) is 17.2. The summed E-state index contributed by atoms with van der Waals surface area (Å²) in [6.45, 7) is 6.89. The van der Waals surface area contributed by atoms with Gasteiger partial charge in [0.25, 0.3) is 0 Å². The average molecular weight is 856 g/mol. The summed E-state index contributed by atoms with van der Waals surface area (Å²) in [6.07, 6.45) is -0.935. The summed E-state index contributed by atoms with van der Waals surface area (Å²) >= 11 is 12.4. The van der Waals surface area contributed by atoms with Crippen LogP contribution in [0.5, 0.6) is 0 Å². The molecule has 6 amide bonds. The third-order valence-corrected chi connectivity index (χ3v) is 12.2. The zero-order valence-electron chi connectivity index (χ0n) is 33.6. The standard InChI is InChI=1S/C42H52Cl2N6O9/c1-22-8-7-9-26(14-22)16-31(46-35(52)17-27-11-12-28(43)18-30(27)44)37(53)47-36-25(4)59-42(58)34-15-23(2)20-49(34)39(55)24(3)45-38(54)32-10-5-6-13-48(32)40(56)33-19-29(51)21-50(33)41(36)57/h7-9,11-12,14,18,23-25,29,31-34,36,51H,5-6,10,13,15-17,19-21H2,1-4H3,(H,45,54)(H,46,52)(H,47,53)/t23-,24+,25+,29-,31+,32+,33+,34+,36+/m1/s1. The van der Waals surface area contributed by atoms with Gasteiger partial charge in [-0.1, -0.05) is 66.0 Å². The molecule has 0 bridgehead atoms. The van der Waals surface area contributed by atoms with E-state index in [2.05, 4.69) is 16.0 Å². The molecule has 4 fully saturated rings. The zero-order valence-corrected chi connectivity index (χ0v) is 35.1. The number of nitrogens with zero attached hydrogens (tertiary/aromatic N) is 3. The number of aliphatic hydroxyl groups is 1. The molecule has 0 unspecified atom stereocenters. The number of carbonyl (C=O) groups excluding carboxylic acids is 7. The van der Waals surface area contributed by atoms with E-state index in [-0.39, 0.29) is 56.3 Å². The minimum absolute atomic E-state index is 0.0137. The predicted molar refractivity (Wildman–Crippen MR) is 217 cm³/mol. The minimum Gasteiger partial charge on any atom is -0.458 e. The summed E-state index contributed by atoms with van der Waals surface area (Å²) in [5.74, 6) is -4.65. The molecule has 59 heavy (non-hydrogen) atoms. The average Bonchev–Trinajstić information content (AvgIpc) is 3.78. The Bertz CT molecular complexity index is 1980. The number of benzene rings is 2. The topological polar surface area (TPSA) is 195 Å². The van der Waals surface area contributed by atoms with Gasteiger partial charge in [0.15, 0.2) is 0 Å². The van der Waals surface area contributed by atoms with Gasteiger partial charge in [0.2, 0.25) is 35.4 Å². The van der Waals surface area contributed by atoms with Crippen LogP contribution < -0.4 is 16.0 Å². The first-order valence-electron chi connectivity index (χ1n) is 20.2. The van der Waals surface area contributed by atoms with Gasteiger partial charge in [-0.25, -0.2) is 4.79 Å². The Kier molecular flexibility index (Phi) is 13.9. The number of cyclic esters (lactones) is 1. The maximum Gasteiger partial charge on any atom is 0.329 e. The highest BCUT2D eigenvalue weighted by Crippen LogP contribution is 2.29. The van der Waals surface area contributed by atoms with Gasteiger partial charge in [0.1, 0.15) is 42.4 Å². The number of esters is 1. The SMILES string of the molecule is Cc1cccc(C[C@H](NC(=O)Cc2ccc(Cl)cc2Cl)C(=O)N[C@@H]2C(=O)N3C[C@H](O)C[C@H]3C(=O)N3CCCC[C@H]3C(=O)N[C@@H](C)C(=O)N3C[C@H](C)C[C@H]3C(=O)O[C@H]2C)c1. The summed E-state index contributed by atoms with van der Waals surface area (Å²) in [5, 5.41) is 19.8. The molecule has 0 aromatic heterocycles. The molecule has 318 valence electrons. The van der Waals surface area contributed by atoms with E-state index in [4.69, 9.17) is 27.9 Å². The first-order valence-corrected chi connectivity index (χ1v) is 21.0. The van der Waals surface area contributed by atoms with E-state index in [0.717, 1.165) is 5.56 Å². The lowest BCUT2D eigenvalue weighted by molar-refractivity contribution is -0.163. The van der Waals surface area contributed by atoms with Crippen molar-refractivity contribution in [2.75, 3.05) is 19.6 Å². The van der Waals surface area contributed by atoms with Crippen LogP contribution in [0.4, 0.5) is 0 Å². The summed E-state index contributed by atoms with van der Waals surface area (Å²) in [6, 6.07) is 4.99. The maximum absolute atomic E-state index is 14.8. The van der Waals surface area contributed by atoms with Crippen LogP contribution in [0.15, 0.2) is 42.5 Å². The molecule has 0 saturated carbocycles.